The van der Waals surface area contributed by atoms with Gasteiger partial charge in [-0.15, -0.1) is 0 Å². The van der Waals surface area contributed by atoms with E-state index in [0.717, 1.165) is 3.57 Å². The van der Waals surface area contributed by atoms with E-state index < -0.39 is 0 Å². The fourth-order valence-electron chi connectivity index (χ4n) is 0.323. The number of pyridine rings is 1. The van der Waals surface area contributed by atoms with Gasteiger partial charge in [-0.1, -0.05) is 11.6 Å². The first-order valence-corrected chi connectivity index (χ1v) is 3.44. The van der Waals surface area contributed by atoms with Crippen LogP contribution in [0.4, 0.5) is 0 Å². The van der Waals surface area contributed by atoms with Gasteiger partial charge in [0.2, 0.25) is 0 Å². The summed E-state index contributed by atoms with van der Waals surface area (Å²) in [4.78, 5) is 3.71. The average Bonchev–Trinajstić information content (AvgIpc) is 1.77. The van der Waals surface area contributed by atoms with E-state index in [1.165, 1.54) is 0 Å². The highest BCUT2D eigenvalue weighted by molar-refractivity contribution is 14.1. The third-order valence-electron chi connectivity index (χ3n) is 0.637. The average molecular weight is 238 g/mol. The Morgan fingerprint density at radius 1 is 1.62 bits per heavy atom. The lowest BCUT2D eigenvalue weighted by Crippen LogP contribution is -1.74. The summed E-state index contributed by atoms with van der Waals surface area (Å²) in [6.07, 6.45) is 2.70. The number of halogens is 2. The predicted molar refractivity (Wildman–Crippen MR) is 40.8 cm³/mol. The maximum Gasteiger partial charge on any atom is 0.129 e. The first-order chi connectivity index (χ1) is 3.79. The Morgan fingerprint density at radius 3 is 2.75 bits per heavy atom. The van der Waals surface area contributed by atoms with Crippen molar-refractivity contribution in [2.45, 2.75) is 0 Å². The minimum absolute atomic E-state index is 0.491. The highest BCUT2D eigenvalue weighted by atomic mass is 127. The predicted octanol–water partition coefficient (Wildman–Crippen LogP) is 2.14. The minimum Gasteiger partial charge on any atom is -0.233 e. The summed E-state index contributed by atoms with van der Waals surface area (Å²) in [5, 5.41) is 0.491. The van der Waals surface area contributed by atoms with Crippen molar-refractivity contribution in [3.8, 4) is 0 Å². The molecule has 1 heterocycles. The third kappa shape index (κ3) is 1.59. The molecule has 0 amide bonds. The van der Waals surface area contributed by atoms with Crippen LogP contribution < -0.4 is 0 Å². The van der Waals surface area contributed by atoms with Gasteiger partial charge >= 0.3 is 0 Å². The lowest BCUT2D eigenvalue weighted by Gasteiger charge is -1.84. The third-order valence-corrected chi connectivity index (χ3v) is 1.45. The monoisotopic (exact) mass is 238 g/mol. The van der Waals surface area contributed by atoms with Crippen molar-refractivity contribution in [2.24, 2.45) is 0 Å². The van der Waals surface area contributed by atoms with Gasteiger partial charge in [-0.3, -0.25) is 0 Å². The van der Waals surface area contributed by atoms with Gasteiger partial charge in [0.25, 0.3) is 0 Å². The molecule has 8 heavy (non-hydrogen) atoms. The molecule has 41 valence electrons. The molecule has 1 aromatic heterocycles. The topological polar surface area (TPSA) is 12.9 Å². The molecule has 1 nitrogen and oxygen atoms in total. The Balaban J connectivity index is 3.03. The van der Waals surface area contributed by atoms with Crippen molar-refractivity contribution in [3.05, 3.63) is 27.1 Å². The van der Waals surface area contributed by atoms with Crippen LogP contribution in [0.1, 0.15) is 0 Å². The molecule has 1 radical (unpaired) electrons. The van der Waals surface area contributed by atoms with Crippen molar-refractivity contribution in [2.75, 3.05) is 0 Å². The van der Waals surface area contributed by atoms with Crippen LogP contribution >= 0.6 is 34.2 Å². The van der Waals surface area contributed by atoms with Crippen LogP contribution in [-0.2, 0) is 0 Å². The summed E-state index contributed by atoms with van der Waals surface area (Å²) in [7, 11) is 0. The molecule has 0 bridgehead atoms. The van der Waals surface area contributed by atoms with E-state index >= 15 is 0 Å². The van der Waals surface area contributed by atoms with E-state index in [2.05, 4.69) is 33.8 Å². The summed E-state index contributed by atoms with van der Waals surface area (Å²) in [6, 6.07) is 3.59. The van der Waals surface area contributed by atoms with Gasteiger partial charge in [0.15, 0.2) is 0 Å². The molecular formula is C5H2ClIN. The zero-order valence-electron chi connectivity index (χ0n) is 3.86. The molecule has 0 unspecified atom stereocenters. The van der Waals surface area contributed by atoms with Gasteiger partial charge in [-0.05, 0) is 34.7 Å². The largest absolute Gasteiger partial charge is 0.233 e. The lowest BCUT2D eigenvalue weighted by atomic mass is 10.5. The van der Waals surface area contributed by atoms with Gasteiger partial charge in [-0.2, -0.15) is 0 Å². The smallest absolute Gasteiger partial charge is 0.129 e. The van der Waals surface area contributed by atoms with Crippen molar-refractivity contribution >= 4 is 34.2 Å². The second-order valence-corrected chi connectivity index (χ2v) is 2.78. The van der Waals surface area contributed by atoms with E-state index in [9.17, 15) is 0 Å². The zero-order chi connectivity index (χ0) is 5.98. The summed E-state index contributed by atoms with van der Waals surface area (Å²) in [5.41, 5.74) is 0. The number of nitrogens with zero attached hydrogens (tertiary/aromatic N) is 1. The molecule has 0 saturated carbocycles. The van der Waals surface area contributed by atoms with Crippen molar-refractivity contribution in [1.29, 1.82) is 0 Å². The molecule has 0 aliphatic rings. The molecule has 0 aliphatic carbocycles. The lowest BCUT2D eigenvalue weighted by molar-refractivity contribution is 1.29. The van der Waals surface area contributed by atoms with E-state index in [4.69, 9.17) is 11.6 Å². The number of hydrogen-bond acceptors (Lipinski definition) is 1. The van der Waals surface area contributed by atoms with Crippen LogP contribution in [0, 0.1) is 9.77 Å². The molecule has 1 aromatic rings. The van der Waals surface area contributed by atoms with Gasteiger partial charge in [0.1, 0.15) is 11.3 Å². The van der Waals surface area contributed by atoms with Crippen LogP contribution in [0.3, 0.4) is 0 Å². The van der Waals surface area contributed by atoms with Crippen molar-refractivity contribution in [3.63, 3.8) is 0 Å². The van der Waals surface area contributed by atoms with Gasteiger partial charge < -0.3 is 0 Å². The first kappa shape index (κ1) is 6.29. The Morgan fingerprint density at radius 2 is 2.38 bits per heavy atom. The molecule has 0 aromatic carbocycles. The summed E-state index contributed by atoms with van der Waals surface area (Å²) in [6.45, 7) is 0. The first-order valence-electron chi connectivity index (χ1n) is 1.99. The molecule has 0 aliphatic heterocycles. The maximum atomic E-state index is 5.47. The molecule has 1 rings (SSSR count). The van der Waals surface area contributed by atoms with Gasteiger partial charge in [0.05, 0.1) is 0 Å². The van der Waals surface area contributed by atoms with Crippen molar-refractivity contribution in [1.82, 2.24) is 4.98 Å². The Bertz CT molecular complexity index is 151. The normalized spacial score (nSPS) is 9.25. The fraction of sp³-hybridized carbons (Fsp3) is 0. The highest BCUT2D eigenvalue weighted by Crippen LogP contribution is 2.05. The van der Waals surface area contributed by atoms with Crippen LogP contribution in [0.25, 0.3) is 0 Å². The molecule has 0 N–H and O–H groups in total. The molecule has 3 heteroatoms. The number of rotatable bonds is 0. The van der Waals surface area contributed by atoms with Crippen LogP contribution in [0.2, 0.25) is 5.15 Å². The number of hydrogen-bond donors (Lipinski definition) is 0. The fourth-order valence-corrected chi connectivity index (χ4v) is 0.729. The molecule has 0 fully saturated rings. The summed E-state index contributed by atoms with van der Waals surface area (Å²) < 4.78 is 0.979. The van der Waals surface area contributed by atoms with Gasteiger partial charge in [0, 0.05) is 3.57 Å². The summed E-state index contributed by atoms with van der Waals surface area (Å²) in [5.74, 6) is 0. The van der Waals surface area contributed by atoms with E-state index in [1.807, 2.05) is 6.07 Å². The van der Waals surface area contributed by atoms with Crippen molar-refractivity contribution < 1.29 is 0 Å². The molecule has 0 spiro atoms. The highest BCUT2D eigenvalue weighted by Gasteiger charge is 1.85. The molecule has 0 atom stereocenters. The summed E-state index contributed by atoms with van der Waals surface area (Å²) >= 11 is 7.59. The zero-order valence-corrected chi connectivity index (χ0v) is 6.77. The SMILES string of the molecule is Clc1ccc(I)[c]n1. The minimum atomic E-state index is 0.491. The standard InChI is InChI=1S/C5H2ClIN/c6-5-2-1-4(7)3-8-5/h1-2H. The second kappa shape index (κ2) is 2.64. The molecule has 0 saturated heterocycles. The van der Waals surface area contributed by atoms with Gasteiger partial charge in [-0.25, -0.2) is 4.98 Å². The Kier molecular flexibility index (Phi) is 2.08. The maximum absolute atomic E-state index is 5.47. The Hall–Kier alpha value is 0.170. The second-order valence-electron chi connectivity index (χ2n) is 1.23. The van der Waals surface area contributed by atoms with Crippen LogP contribution in [0.15, 0.2) is 12.1 Å². The quantitative estimate of drug-likeness (QED) is 0.498. The van der Waals surface area contributed by atoms with E-state index in [1.54, 1.807) is 6.07 Å². The van der Waals surface area contributed by atoms with E-state index in [-0.39, 0.29) is 0 Å². The van der Waals surface area contributed by atoms with E-state index in [0.29, 0.717) is 5.15 Å². The Labute approximate surface area is 66.2 Å². The number of aromatic nitrogens is 1. The molecular weight excluding hydrogens is 236 g/mol. The van der Waals surface area contributed by atoms with Crippen LogP contribution in [0.5, 0.6) is 0 Å². The van der Waals surface area contributed by atoms with Crippen LogP contribution in [-0.4, -0.2) is 4.98 Å².